The van der Waals surface area contributed by atoms with Gasteiger partial charge in [0, 0.05) is 17.5 Å². The van der Waals surface area contributed by atoms with Gasteiger partial charge in [-0.3, -0.25) is 0 Å². The number of fused-ring (bicyclic) bond motifs is 1. The van der Waals surface area contributed by atoms with E-state index in [1.54, 1.807) is 32.4 Å². The number of hydrogen-bond acceptors (Lipinski definition) is 4. The van der Waals surface area contributed by atoms with E-state index in [1.807, 2.05) is 0 Å². The minimum atomic E-state index is 0.0350. The highest BCUT2D eigenvalue weighted by Crippen LogP contribution is 2.34. The first-order valence-electron chi connectivity index (χ1n) is 4.72. The summed E-state index contributed by atoms with van der Waals surface area (Å²) in [6.07, 6.45) is 0. The number of ether oxygens (including phenoxy) is 2. The van der Waals surface area contributed by atoms with Gasteiger partial charge in [-0.15, -0.1) is 4.73 Å². The third-order valence-electron chi connectivity index (χ3n) is 2.43. The van der Waals surface area contributed by atoms with Crippen LogP contribution in [0, 0.1) is 0 Å². The third kappa shape index (κ3) is 1.41. The topological polar surface area (TPSA) is 52.9 Å². The molecule has 2 aromatic rings. The Morgan fingerprint density at radius 1 is 1.00 bits per heavy atom. The number of nitrogens with zero attached hydrogens (tertiary/aromatic N) is 1. The SMILES string of the molecule is COc1cc2cc(O)n(OC)c2cc1OC. The van der Waals surface area contributed by atoms with Crippen molar-refractivity contribution in [2.24, 2.45) is 0 Å². The van der Waals surface area contributed by atoms with E-state index in [9.17, 15) is 5.11 Å². The molecule has 0 radical (unpaired) electrons. The van der Waals surface area contributed by atoms with Crippen LogP contribution in [-0.2, 0) is 0 Å². The van der Waals surface area contributed by atoms with Crippen molar-refractivity contribution in [3.8, 4) is 17.4 Å². The van der Waals surface area contributed by atoms with E-state index in [0.717, 1.165) is 10.9 Å². The van der Waals surface area contributed by atoms with E-state index in [4.69, 9.17) is 14.3 Å². The number of aromatic hydroxyl groups is 1. The summed E-state index contributed by atoms with van der Waals surface area (Å²) >= 11 is 0. The van der Waals surface area contributed by atoms with Crippen molar-refractivity contribution in [2.45, 2.75) is 0 Å². The lowest BCUT2D eigenvalue weighted by Gasteiger charge is -2.08. The summed E-state index contributed by atoms with van der Waals surface area (Å²) < 4.78 is 11.7. The second kappa shape index (κ2) is 3.84. The Hall–Kier alpha value is -2.04. The van der Waals surface area contributed by atoms with Crippen LogP contribution < -0.4 is 14.3 Å². The highest BCUT2D eigenvalue weighted by atomic mass is 16.7. The van der Waals surface area contributed by atoms with Gasteiger partial charge in [-0.05, 0) is 6.07 Å². The number of rotatable bonds is 3. The molecule has 0 spiro atoms. The van der Waals surface area contributed by atoms with Crippen LogP contribution in [0.4, 0.5) is 0 Å². The molecule has 0 aliphatic rings. The summed E-state index contributed by atoms with van der Waals surface area (Å²) in [4.78, 5) is 5.04. The molecule has 1 heterocycles. The van der Waals surface area contributed by atoms with Gasteiger partial charge in [0.2, 0.25) is 5.88 Å². The summed E-state index contributed by atoms with van der Waals surface area (Å²) in [5.74, 6) is 1.24. The Balaban J connectivity index is 2.73. The average molecular weight is 223 g/mol. The van der Waals surface area contributed by atoms with Crippen molar-refractivity contribution in [1.29, 1.82) is 0 Å². The molecule has 0 saturated heterocycles. The predicted octanol–water partition coefficient (Wildman–Crippen LogP) is 1.42. The largest absolute Gasteiger partial charge is 0.493 e. The zero-order valence-corrected chi connectivity index (χ0v) is 9.35. The van der Waals surface area contributed by atoms with Crippen molar-refractivity contribution >= 4 is 10.9 Å². The molecule has 16 heavy (non-hydrogen) atoms. The molecule has 0 amide bonds. The summed E-state index contributed by atoms with van der Waals surface area (Å²) in [7, 11) is 4.61. The fourth-order valence-corrected chi connectivity index (χ4v) is 1.69. The number of methoxy groups -OCH3 is 2. The zero-order chi connectivity index (χ0) is 11.7. The second-order valence-electron chi connectivity index (χ2n) is 3.25. The van der Waals surface area contributed by atoms with Gasteiger partial charge >= 0.3 is 0 Å². The summed E-state index contributed by atoms with van der Waals surface area (Å²) in [5.41, 5.74) is 0.720. The van der Waals surface area contributed by atoms with Crippen LogP contribution in [-0.4, -0.2) is 31.2 Å². The number of aromatic nitrogens is 1. The maximum absolute atomic E-state index is 9.62. The highest BCUT2D eigenvalue weighted by Gasteiger charge is 2.13. The predicted molar refractivity (Wildman–Crippen MR) is 59.2 cm³/mol. The van der Waals surface area contributed by atoms with E-state index in [1.165, 1.54) is 11.8 Å². The van der Waals surface area contributed by atoms with Gasteiger partial charge in [-0.2, -0.15) is 0 Å². The molecular weight excluding hydrogens is 210 g/mol. The molecule has 0 aliphatic carbocycles. The lowest BCUT2D eigenvalue weighted by Crippen LogP contribution is -2.04. The Bertz CT molecular complexity index is 518. The van der Waals surface area contributed by atoms with Crippen LogP contribution in [0.15, 0.2) is 18.2 Å². The van der Waals surface area contributed by atoms with Crippen LogP contribution in [0.25, 0.3) is 10.9 Å². The van der Waals surface area contributed by atoms with Crippen LogP contribution in [0.2, 0.25) is 0 Å². The van der Waals surface area contributed by atoms with Gasteiger partial charge in [0.15, 0.2) is 11.5 Å². The van der Waals surface area contributed by atoms with E-state index in [0.29, 0.717) is 11.5 Å². The lowest BCUT2D eigenvalue weighted by molar-refractivity contribution is 0.152. The Labute approximate surface area is 92.7 Å². The van der Waals surface area contributed by atoms with Gasteiger partial charge in [0.05, 0.1) is 19.7 Å². The van der Waals surface area contributed by atoms with Gasteiger partial charge < -0.3 is 19.4 Å². The monoisotopic (exact) mass is 223 g/mol. The molecule has 0 atom stereocenters. The molecule has 0 unspecified atom stereocenters. The quantitative estimate of drug-likeness (QED) is 0.855. The molecule has 1 aromatic heterocycles. The van der Waals surface area contributed by atoms with Crippen LogP contribution in [0.1, 0.15) is 0 Å². The lowest BCUT2D eigenvalue weighted by atomic mass is 10.2. The molecule has 5 nitrogen and oxygen atoms in total. The minimum absolute atomic E-state index is 0.0350. The molecule has 0 bridgehead atoms. The van der Waals surface area contributed by atoms with Crippen LogP contribution in [0.3, 0.4) is 0 Å². The van der Waals surface area contributed by atoms with E-state index in [-0.39, 0.29) is 5.88 Å². The van der Waals surface area contributed by atoms with Gasteiger partial charge in [-0.1, -0.05) is 0 Å². The van der Waals surface area contributed by atoms with Gasteiger partial charge in [0.25, 0.3) is 0 Å². The highest BCUT2D eigenvalue weighted by molar-refractivity contribution is 5.85. The average Bonchev–Trinajstić information content (AvgIpc) is 2.61. The molecule has 1 aromatic carbocycles. The first-order chi connectivity index (χ1) is 7.71. The molecule has 1 N–H and O–H groups in total. The maximum Gasteiger partial charge on any atom is 0.226 e. The van der Waals surface area contributed by atoms with Crippen molar-refractivity contribution in [3.63, 3.8) is 0 Å². The molecule has 86 valence electrons. The van der Waals surface area contributed by atoms with Crippen molar-refractivity contribution < 1.29 is 19.4 Å². The molecule has 5 heteroatoms. The Morgan fingerprint density at radius 3 is 2.19 bits per heavy atom. The molecular formula is C11H13NO4. The van der Waals surface area contributed by atoms with Crippen molar-refractivity contribution in [2.75, 3.05) is 21.3 Å². The molecule has 0 saturated carbocycles. The van der Waals surface area contributed by atoms with Gasteiger partial charge in [-0.25, -0.2) is 0 Å². The normalized spacial score (nSPS) is 10.4. The minimum Gasteiger partial charge on any atom is -0.493 e. The fraction of sp³-hybridized carbons (Fsp3) is 0.273. The fourth-order valence-electron chi connectivity index (χ4n) is 1.69. The number of benzene rings is 1. The maximum atomic E-state index is 9.62. The second-order valence-corrected chi connectivity index (χ2v) is 3.25. The molecule has 0 fully saturated rings. The van der Waals surface area contributed by atoms with Gasteiger partial charge in [0.1, 0.15) is 7.11 Å². The summed E-state index contributed by atoms with van der Waals surface area (Å²) in [6.45, 7) is 0. The number of hydrogen-bond donors (Lipinski definition) is 1. The standard InChI is InChI=1S/C11H13NO4/c1-14-9-4-7-5-11(13)12(16-3)8(7)6-10(9)15-2/h4-6,13H,1-3H3. The van der Waals surface area contributed by atoms with Crippen molar-refractivity contribution in [3.05, 3.63) is 18.2 Å². The van der Waals surface area contributed by atoms with E-state index in [2.05, 4.69) is 0 Å². The third-order valence-corrected chi connectivity index (χ3v) is 2.43. The van der Waals surface area contributed by atoms with Crippen molar-refractivity contribution in [1.82, 2.24) is 4.73 Å². The summed E-state index contributed by atoms with van der Waals surface area (Å²) in [5, 5.41) is 10.4. The first-order valence-corrected chi connectivity index (χ1v) is 4.72. The molecule has 0 aliphatic heterocycles. The van der Waals surface area contributed by atoms with Crippen LogP contribution in [0.5, 0.6) is 17.4 Å². The van der Waals surface area contributed by atoms with E-state index >= 15 is 0 Å². The first kappa shape index (κ1) is 10.5. The Morgan fingerprint density at radius 2 is 1.62 bits per heavy atom. The van der Waals surface area contributed by atoms with Crippen LogP contribution >= 0.6 is 0 Å². The molecule has 2 rings (SSSR count). The Kier molecular flexibility index (Phi) is 2.52. The smallest absolute Gasteiger partial charge is 0.226 e. The van der Waals surface area contributed by atoms with E-state index < -0.39 is 0 Å². The zero-order valence-electron chi connectivity index (χ0n) is 9.35. The summed E-state index contributed by atoms with van der Waals surface area (Å²) in [6, 6.07) is 5.13.